The van der Waals surface area contributed by atoms with Crippen molar-refractivity contribution in [3.63, 3.8) is 0 Å². The van der Waals surface area contributed by atoms with Crippen LogP contribution in [0, 0.1) is 0 Å². The summed E-state index contributed by atoms with van der Waals surface area (Å²) in [6.07, 6.45) is 3.20. The molecule has 0 bridgehead atoms. The Morgan fingerprint density at radius 1 is 1.35 bits per heavy atom. The summed E-state index contributed by atoms with van der Waals surface area (Å²) in [5.41, 5.74) is 1.07. The van der Waals surface area contributed by atoms with E-state index < -0.39 is 10.0 Å². The molecule has 0 saturated carbocycles. The molecule has 0 N–H and O–H groups in total. The second-order valence-electron chi connectivity index (χ2n) is 5.04. The second-order valence-corrected chi connectivity index (χ2v) is 8.37. The van der Waals surface area contributed by atoms with Crippen LogP contribution >= 0.6 is 27.5 Å². The summed E-state index contributed by atoms with van der Waals surface area (Å²) in [5.74, 6) is 0.717. The zero-order valence-corrected chi connectivity index (χ0v) is 14.4. The van der Waals surface area contributed by atoms with Crippen LogP contribution in [0.4, 0.5) is 0 Å². The molecule has 20 heavy (non-hydrogen) atoms. The first-order valence-corrected chi connectivity index (χ1v) is 9.79. The van der Waals surface area contributed by atoms with Gasteiger partial charge in [0.25, 0.3) is 0 Å². The third-order valence-corrected chi connectivity index (χ3v) is 6.30. The number of hydrogen-bond acceptors (Lipinski definition) is 2. The van der Waals surface area contributed by atoms with Gasteiger partial charge < -0.3 is 0 Å². The predicted molar refractivity (Wildman–Crippen MR) is 86.6 cm³/mol. The molecule has 1 aromatic rings. The Hall–Kier alpha value is -0.100. The van der Waals surface area contributed by atoms with Crippen LogP contribution < -0.4 is 0 Å². The molecule has 1 heterocycles. The van der Waals surface area contributed by atoms with Crippen LogP contribution in [-0.4, -0.2) is 30.9 Å². The molecule has 1 aliphatic heterocycles. The number of benzene rings is 1. The van der Waals surface area contributed by atoms with E-state index >= 15 is 0 Å². The van der Waals surface area contributed by atoms with Crippen molar-refractivity contribution in [2.45, 2.75) is 31.7 Å². The summed E-state index contributed by atoms with van der Waals surface area (Å²) >= 11 is 9.07. The number of nitrogens with zero attached hydrogens (tertiary/aromatic N) is 1. The van der Waals surface area contributed by atoms with Gasteiger partial charge in [-0.25, -0.2) is 8.42 Å². The average Bonchev–Trinajstić information content (AvgIpc) is 2.89. The zero-order valence-electron chi connectivity index (χ0n) is 11.3. The van der Waals surface area contributed by atoms with Crippen molar-refractivity contribution < 1.29 is 8.42 Å². The number of alkyl halides is 1. The summed E-state index contributed by atoms with van der Waals surface area (Å²) < 4.78 is 27.6. The zero-order chi connectivity index (χ0) is 14.6. The van der Waals surface area contributed by atoms with Gasteiger partial charge in [-0.1, -0.05) is 28.1 Å². The van der Waals surface area contributed by atoms with Gasteiger partial charge in [0.2, 0.25) is 10.0 Å². The largest absolute Gasteiger partial charge is 0.214 e. The van der Waals surface area contributed by atoms with Gasteiger partial charge in [0.1, 0.15) is 0 Å². The minimum absolute atomic E-state index is 0.0199. The van der Waals surface area contributed by atoms with E-state index in [1.807, 2.05) is 24.3 Å². The maximum atomic E-state index is 12.4. The van der Waals surface area contributed by atoms with E-state index in [4.69, 9.17) is 11.6 Å². The molecule has 1 aliphatic rings. The summed E-state index contributed by atoms with van der Waals surface area (Å²) in [6.45, 7) is 0.625. The molecule has 3 nitrogen and oxygen atoms in total. The van der Waals surface area contributed by atoms with Crippen molar-refractivity contribution >= 4 is 37.6 Å². The van der Waals surface area contributed by atoms with Crippen LogP contribution in [0.2, 0.25) is 0 Å². The van der Waals surface area contributed by atoms with Gasteiger partial charge in [-0.05, 0) is 43.4 Å². The SMILES string of the molecule is O=S(=O)(CCCCCl)N1CCCC1c1cccc(Br)c1. The van der Waals surface area contributed by atoms with Crippen LogP contribution in [0.1, 0.15) is 37.3 Å². The van der Waals surface area contributed by atoms with E-state index in [1.165, 1.54) is 0 Å². The third kappa shape index (κ3) is 3.97. The fourth-order valence-electron chi connectivity index (χ4n) is 2.62. The van der Waals surface area contributed by atoms with Gasteiger partial charge in [0, 0.05) is 22.9 Å². The molecule has 0 aliphatic carbocycles. The van der Waals surface area contributed by atoms with E-state index in [9.17, 15) is 8.42 Å². The van der Waals surface area contributed by atoms with Crippen molar-refractivity contribution in [3.05, 3.63) is 34.3 Å². The lowest BCUT2D eigenvalue weighted by Crippen LogP contribution is -2.32. The van der Waals surface area contributed by atoms with Gasteiger partial charge in [-0.2, -0.15) is 4.31 Å². The molecule has 1 aromatic carbocycles. The molecule has 1 fully saturated rings. The molecule has 112 valence electrons. The number of hydrogen-bond donors (Lipinski definition) is 0. The Bertz CT molecular complexity index is 550. The highest BCUT2D eigenvalue weighted by Gasteiger charge is 2.34. The molecular formula is C14H19BrClNO2S. The average molecular weight is 381 g/mol. The van der Waals surface area contributed by atoms with Crippen molar-refractivity contribution in [3.8, 4) is 0 Å². The smallest absolute Gasteiger partial charge is 0.212 e. The van der Waals surface area contributed by atoms with Gasteiger partial charge in [-0.15, -0.1) is 11.6 Å². The first-order valence-electron chi connectivity index (χ1n) is 6.85. The lowest BCUT2D eigenvalue weighted by atomic mass is 10.1. The topological polar surface area (TPSA) is 37.4 Å². The van der Waals surface area contributed by atoms with Crippen LogP contribution in [0.3, 0.4) is 0 Å². The Kier molecular flexibility index (Phi) is 5.90. The maximum absolute atomic E-state index is 12.4. The van der Waals surface area contributed by atoms with Crippen LogP contribution in [0.25, 0.3) is 0 Å². The van der Waals surface area contributed by atoms with E-state index in [0.717, 1.165) is 29.3 Å². The third-order valence-electron chi connectivity index (χ3n) is 3.58. The van der Waals surface area contributed by atoms with Gasteiger partial charge in [0.15, 0.2) is 0 Å². The first-order chi connectivity index (χ1) is 9.54. The molecule has 0 amide bonds. The van der Waals surface area contributed by atoms with E-state index in [-0.39, 0.29) is 11.8 Å². The van der Waals surface area contributed by atoms with Gasteiger partial charge in [0.05, 0.1) is 5.75 Å². The summed E-state index contributed by atoms with van der Waals surface area (Å²) in [7, 11) is -3.18. The molecular weight excluding hydrogens is 362 g/mol. The van der Waals surface area contributed by atoms with Crippen LogP contribution in [0.5, 0.6) is 0 Å². The van der Waals surface area contributed by atoms with Crippen LogP contribution in [0.15, 0.2) is 28.7 Å². The number of rotatable bonds is 6. The number of sulfonamides is 1. The molecule has 0 radical (unpaired) electrons. The van der Waals surface area contributed by atoms with Crippen molar-refractivity contribution in [2.24, 2.45) is 0 Å². The van der Waals surface area contributed by atoms with E-state index in [1.54, 1.807) is 4.31 Å². The molecule has 6 heteroatoms. The molecule has 0 spiro atoms. The Labute approximate surface area is 134 Å². The van der Waals surface area contributed by atoms with Crippen LogP contribution in [-0.2, 0) is 10.0 Å². The number of unbranched alkanes of at least 4 members (excludes halogenated alkanes) is 1. The minimum Gasteiger partial charge on any atom is -0.212 e. The summed E-state index contributed by atoms with van der Waals surface area (Å²) in [6, 6.07) is 7.90. The monoisotopic (exact) mass is 379 g/mol. The summed E-state index contributed by atoms with van der Waals surface area (Å²) in [4.78, 5) is 0. The highest BCUT2D eigenvalue weighted by molar-refractivity contribution is 9.10. The molecule has 2 rings (SSSR count). The lowest BCUT2D eigenvalue weighted by molar-refractivity contribution is 0.396. The standard InChI is InChI=1S/C14H19BrClNO2S/c15-13-6-3-5-12(11-13)14-7-4-9-17(14)20(18,19)10-2-1-8-16/h3,5-6,11,14H,1-2,4,7-10H2. The van der Waals surface area contributed by atoms with Gasteiger partial charge >= 0.3 is 0 Å². The Balaban J connectivity index is 2.14. The van der Waals surface area contributed by atoms with Crippen molar-refractivity contribution in [1.29, 1.82) is 0 Å². The second kappa shape index (κ2) is 7.25. The fraction of sp³-hybridized carbons (Fsp3) is 0.571. The highest BCUT2D eigenvalue weighted by atomic mass is 79.9. The first kappa shape index (κ1) is 16.3. The lowest BCUT2D eigenvalue weighted by Gasteiger charge is -2.24. The maximum Gasteiger partial charge on any atom is 0.214 e. The molecule has 1 atom stereocenters. The Morgan fingerprint density at radius 3 is 2.85 bits per heavy atom. The molecule has 1 saturated heterocycles. The highest BCUT2D eigenvalue weighted by Crippen LogP contribution is 2.35. The number of halogens is 2. The normalized spacial score (nSPS) is 20.4. The van der Waals surface area contributed by atoms with Gasteiger partial charge in [-0.3, -0.25) is 0 Å². The quantitative estimate of drug-likeness (QED) is 0.554. The molecule has 0 aromatic heterocycles. The van der Waals surface area contributed by atoms with Crippen molar-refractivity contribution in [2.75, 3.05) is 18.2 Å². The molecule has 1 unspecified atom stereocenters. The predicted octanol–water partition coefficient (Wildman–Crippen LogP) is 3.93. The fourth-order valence-corrected chi connectivity index (χ4v) is 5.05. The van der Waals surface area contributed by atoms with E-state index in [2.05, 4.69) is 15.9 Å². The summed E-state index contributed by atoms with van der Waals surface area (Å²) in [5, 5.41) is 0. The van der Waals surface area contributed by atoms with Crippen molar-refractivity contribution in [1.82, 2.24) is 4.31 Å². The Morgan fingerprint density at radius 2 is 2.15 bits per heavy atom. The van der Waals surface area contributed by atoms with E-state index in [0.29, 0.717) is 18.8 Å². The minimum atomic E-state index is -3.18.